The van der Waals surface area contributed by atoms with Gasteiger partial charge in [-0.25, -0.2) is 0 Å². The standard InChI is InChI=1S/C14H18O2/c1-12(2)10-16-11-14-7-5-13(6-8-14)4-3-9-15/h5-8,12,15H,9-11H2,1-2H3. The highest BCUT2D eigenvalue weighted by Crippen LogP contribution is 2.05. The van der Waals surface area contributed by atoms with Crippen LogP contribution in [0.15, 0.2) is 24.3 Å². The first-order chi connectivity index (χ1) is 7.72. The minimum absolute atomic E-state index is 0.0980. The molecule has 1 aromatic rings. The molecule has 0 aromatic heterocycles. The van der Waals surface area contributed by atoms with Crippen molar-refractivity contribution in [3.63, 3.8) is 0 Å². The van der Waals surface area contributed by atoms with Gasteiger partial charge in [0.25, 0.3) is 0 Å². The van der Waals surface area contributed by atoms with Gasteiger partial charge in [-0.15, -0.1) is 0 Å². The summed E-state index contributed by atoms with van der Waals surface area (Å²) in [5.74, 6) is 6.04. The van der Waals surface area contributed by atoms with Crippen LogP contribution in [-0.2, 0) is 11.3 Å². The lowest BCUT2D eigenvalue weighted by Gasteiger charge is -2.06. The van der Waals surface area contributed by atoms with Crippen molar-refractivity contribution in [2.24, 2.45) is 5.92 Å². The summed E-state index contributed by atoms with van der Waals surface area (Å²) in [6.07, 6.45) is 0. The number of ether oxygens (including phenoxy) is 1. The van der Waals surface area contributed by atoms with Crippen molar-refractivity contribution in [1.82, 2.24) is 0 Å². The first kappa shape index (κ1) is 12.8. The van der Waals surface area contributed by atoms with Crippen LogP contribution >= 0.6 is 0 Å². The van der Waals surface area contributed by atoms with Gasteiger partial charge in [0, 0.05) is 12.2 Å². The molecule has 0 radical (unpaired) electrons. The first-order valence-electron chi connectivity index (χ1n) is 5.49. The third kappa shape index (κ3) is 4.97. The molecule has 0 fully saturated rings. The van der Waals surface area contributed by atoms with Gasteiger partial charge in [-0.2, -0.15) is 0 Å². The van der Waals surface area contributed by atoms with Gasteiger partial charge < -0.3 is 9.84 Å². The summed E-state index contributed by atoms with van der Waals surface area (Å²) in [4.78, 5) is 0. The maximum Gasteiger partial charge on any atom is 0.104 e. The van der Waals surface area contributed by atoms with E-state index in [0.717, 1.165) is 17.7 Å². The van der Waals surface area contributed by atoms with E-state index in [4.69, 9.17) is 9.84 Å². The van der Waals surface area contributed by atoms with Gasteiger partial charge in [-0.05, 0) is 23.6 Å². The van der Waals surface area contributed by atoms with Gasteiger partial charge in [-0.1, -0.05) is 37.8 Å². The highest BCUT2D eigenvalue weighted by molar-refractivity contribution is 5.35. The Morgan fingerprint density at radius 1 is 1.25 bits per heavy atom. The summed E-state index contributed by atoms with van der Waals surface area (Å²) in [5, 5.41) is 8.56. The Labute approximate surface area is 97.3 Å². The van der Waals surface area contributed by atoms with Gasteiger partial charge in [0.05, 0.1) is 6.61 Å². The van der Waals surface area contributed by atoms with Gasteiger partial charge in [0.1, 0.15) is 6.61 Å². The number of rotatable bonds is 4. The quantitative estimate of drug-likeness (QED) is 0.785. The molecule has 0 atom stereocenters. The molecule has 0 heterocycles. The van der Waals surface area contributed by atoms with Crippen LogP contribution in [0.25, 0.3) is 0 Å². The van der Waals surface area contributed by atoms with Crippen LogP contribution < -0.4 is 0 Å². The number of benzene rings is 1. The third-order valence-electron chi connectivity index (χ3n) is 1.99. The molecule has 0 bridgehead atoms. The Morgan fingerprint density at radius 2 is 1.94 bits per heavy atom. The molecule has 0 saturated carbocycles. The number of aliphatic hydroxyl groups is 1. The van der Waals surface area contributed by atoms with Gasteiger partial charge in [0.15, 0.2) is 0 Å². The predicted octanol–water partition coefficient (Wildman–Crippen LogP) is 2.20. The molecule has 0 spiro atoms. The molecule has 0 aliphatic heterocycles. The molecule has 0 unspecified atom stereocenters. The smallest absolute Gasteiger partial charge is 0.104 e. The van der Waals surface area contributed by atoms with Crippen LogP contribution in [0.4, 0.5) is 0 Å². The largest absolute Gasteiger partial charge is 0.384 e. The molecule has 0 aliphatic carbocycles. The summed E-state index contributed by atoms with van der Waals surface area (Å²) < 4.78 is 5.53. The van der Waals surface area contributed by atoms with Crippen molar-refractivity contribution >= 4 is 0 Å². The average molecular weight is 218 g/mol. The van der Waals surface area contributed by atoms with Gasteiger partial charge in [-0.3, -0.25) is 0 Å². The van der Waals surface area contributed by atoms with E-state index < -0.39 is 0 Å². The lowest BCUT2D eigenvalue weighted by molar-refractivity contribution is 0.0971. The number of hydrogen-bond donors (Lipinski definition) is 1. The minimum Gasteiger partial charge on any atom is -0.384 e. The van der Waals surface area contributed by atoms with E-state index in [2.05, 4.69) is 25.7 Å². The van der Waals surface area contributed by atoms with E-state index in [1.807, 2.05) is 24.3 Å². The second-order valence-corrected chi connectivity index (χ2v) is 4.07. The molecule has 1 N–H and O–H groups in total. The molecular formula is C14H18O2. The van der Waals surface area contributed by atoms with Crippen molar-refractivity contribution in [2.45, 2.75) is 20.5 Å². The molecule has 0 amide bonds. The maximum absolute atomic E-state index is 8.56. The zero-order chi connectivity index (χ0) is 11.8. The second-order valence-electron chi connectivity index (χ2n) is 4.07. The summed E-state index contributed by atoms with van der Waals surface area (Å²) >= 11 is 0. The van der Waals surface area contributed by atoms with Crippen molar-refractivity contribution in [3.05, 3.63) is 35.4 Å². The van der Waals surface area contributed by atoms with Gasteiger partial charge in [0.2, 0.25) is 0 Å². The molecule has 1 rings (SSSR count). The molecule has 0 saturated heterocycles. The van der Waals surface area contributed by atoms with E-state index in [0.29, 0.717) is 12.5 Å². The Hall–Kier alpha value is -1.30. The molecular weight excluding hydrogens is 200 g/mol. The van der Waals surface area contributed by atoms with Crippen molar-refractivity contribution in [2.75, 3.05) is 13.2 Å². The fraction of sp³-hybridized carbons (Fsp3) is 0.429. The van der Waals surface area contributed by atoms with Crippen LogP contribution in [0.3, 0.4) is 0 Å². The molecule has 2 heteroatoms. The molecule has 1 aromatic carbocycles. The zero-order valence-electron chi connectivity index (χ0n) is 9.86. The lowest BCUT2D eigenvalue weighted by atomic mass is 10.1. The van der Waals surface area contributed by atoms with E-state index >= 15 is 0 Å². The SMILES string of the molecule is CC(C)COCc1ccc(C#CCO)cc1. The van der Waals surface area contributed by atoms with E-state index in [1.165, 1.54) is 0 Å². The van der Waals surface area contributed by atoms with E-state index in [-0.39, 0.29) is 6.61 Å². The summed E-state index contributed by atoms with van der Waals surface area (Å²) in [6.45, 7) is 5.60. The van der Waals surface area contributed by atoms with Gasteiger partial charge >= 0.3 is 0 Å². The topological polar surface area (TPSA) is 29.5 Å². The Bertz CT molecular complexity index is 355. The Kier molecular flexibility index (Phi) is 5.63. The van der Waals surface area contributed by atoms with Crippen molar-refractivity contribution < 1.29 is 9.84 Å². The summed E-state index contributed by atoms with van der Waals surface area (Å²) in [6, 6.07) is 7.89. The zero-order valence-corrected chi connectivity index (χ0v) is 9.86. The third-order valence-corrected chi connectivity index (χ3v) is 1.99. The fourth-order valence-corrected chi connectivity index (χ4v) is 1.24. The summed E-state index contributed by atoms with van der Waals surface area (Å²) in [5.41, 5.74) is 2.07. The molecule has 0 aliphatic rings. The van der Waals surface area contributed by atoms with Crippen LogP contribution in [0.5, 0.6) is 0 Å². The predicted molar refractivity (Wildman–Crippen MR) is 64.9 cm³/mol. The lowest BCUT2D eigenvalue weighted by Crippen LogP contribution is -2.01. The molecule has 2 nitrogen and oxygen atoms in total. The molecule has 86 valence electrons. The van der Waals surface area contributed by atoms with Crippen LogP contribution in [0.2, 0.25) is 0 Å². The minimum atomic E-state index is -0.0980. The monoisotopic (exact) mass is 218 g/mol. The second kappa shape index (κ2) is 7.05. The number of aliphatic hydroxyl groups excluding tert-OH is 1. The van der Waals surface area contributed by atoms with E-state index in [1.54, 1.807) is 0 Å². The van der Waals surface area contributed by atoms with Crippen LogP contribution in [0.1, 0.15) is 25.0 Å². The fourth-order valence-electron chi connectivity index (χ4n) is 1.24. The Morgan fingerprint density at radius 3 is 2.50 bits per heavy atom. The highest BCUT2D eigenvalue weighted by atomic mass is 16.5. The van der Waals surface area contributed by atoms with E-state index in [9.17, 15) is 0 Å². The average Bonchev–Trinajstić information content (AvgIpc) is 2.27. The van der Waals surface area contributed by atoms with Crippen LogP contribution in [-0.4, -0.2) is 18.3 Å². The van der Waals surface area contributed by atoms with Crippen molar-refractivity contribution in [3.8, 4) is 11.8 Å². The van der Waals surface area contributed by atoms with Crippen LogP contribution in [0, 0.1) is 17.8 Å². The number of hydrogen-bond acceptors (Lipinski definition) is 2. The Balaban J connectivity index is 2.45. The van der Waals surface area contributed by atoms with Crippen molar-refractivity contribution in [1.29, 1.82) is 0 Å². The molecule has 16 heavy (non-hydrogen) atoms. The maximum atomic E-state index is 8.56. The normalized spacial score (nSPS) is 10.0. The highest BCUT2D eigenvalue weighted by Gasteiger charge is 1.96. The summed E-state index contributed by atoms with van der Waals surface area (Å²) in [7, 11) is 0. The first-order valence-corrected chi connectivity index (χ1v) is 5.49.